The number of amides is 1. The molecule has 0 radical (unpaired) electrons. The van der Waals surface area contributed by atoms with Crippen molar-refractivity contribution in [1.82, 2.24) is 5.32 Å². The normalized spacial score (nSPS) is 11.3. The Balaban J connectivity index is 2.65. The molecule has 2 N–H and O–H groups in total. The molecule has 0 aliphatic heterocycles. The Kier molecular flexibility index (Phi) is 5.02. The Morgan fingerprint density at radius 3 is 2.53 bits per heavy atom. The van der Waals surface area contributed by atoms with Crippen LogP contribution in [-0.2, 0) is 4.79 Å². The summed E-state index contributed by atoms with van der Waals surface area (Å²) in [7, 11) is 0. The van der Waals surface area contributed by atoms with E-state index in [-0.39, 0.29) is 29.9 Å². The molecule has 0 saturated carbocycles. The maximum Gasteiger partial charge on any atom is 0.573 e. The maximum atomic E-state index is 12.2. The fraction of sp³-hybridized carbons (Fsp3) is 0.417. The minimum Gasteiger partial charge on any atom is -0.404 e. The lowest BCUT2D eigenvalue weighted by Crippen LogP contribution is -2.34. The lowest BCUT2D eigenvalue weighted by atomic mass is 10.3. The number of carbonyl (C=O) groups is 1. The summed E-state index contributed by atoms with van der Waals surface area (Å²) in [5.41, 5.74) is 0.110. The molecule has 0 bridgehead atoms. The molecular weight excluding hydrogens is 261 g/mol. The van der Waals surface area contributed by atoms with E-state index in [4.69, 9.17) is 0 Å². The van der Waals surface area contributed by atoms with Crippen LogP contribution >= 0.6 is 0 Å². The standard InChI is InChI=1S/C12H15F3N2O2/c1-8(2)17-11(18)7-16-9-5-3-4-6-10(9)19-12(13,14)15/h3-6,8,16H,7H2,1-2H3,(H,17,18). The van der Waals surface area contributed by atoms with E-state index in [0.29, 0.717) is 0 Å². The molecule has 4 nitrogen and oxygen atoms in total. The van der Waals surface area contributed by atoms with Crippen LogP contribution in [0, 0.1) is 0 Å². The number of hydrogen-bond donors (Lipinski definition) is 2. The lowest BCUT2D eigenvalue weighted by Gasteiger charge is -2.15. The largest absolute Gasteiger partial charge is 0.573 e. The number of halogens is 3. The molecule has 0 aromatic heterocycles. The molecule has 0 spiro atoms. The van der Waals surface area contributed by atoms with Gasteiger partial charge in [-0.1, -0.05) is 12.1 Å². The highest BCUT2D eigenvalue weighted by Crippen LogP contribution is 2.29. The molecule has 0 aliphatic carbocycles. The SMILES string of the molecule is CC(C)NC(=O)CNc1ccccc1OC(F)(F)F. The smallest absolute Gasteiger partial charge is 0.404 e. The summed E-state index contributed by atoms with van der Waals surface area (Å²) < 4.78 is 40.3. The van der Waals surface area contributed by atoms with Crippen molar-refractivity contribution in [3.05, 3.63) is 24.3 Å². The number of benzene rings is 1. The zero-order valence-electron chi connectivity index (χ0n) is 10.5. The summed E-state index contributed by atoms with van der Waals surface area (Å²) >= 11 is 0. The molecule has 0 saturated heterocycles. The zero-order valence-corrected chi connectivity index (χ0v) is 10.5. The van der Waals surface area contributed by atoms with Crippen molar-refractivity contribution in [2.24, 2.45) is 0 Å². The van der Waals surface area contributed by atoms with Gasteiger partial charge >= 0.3 is 6.36 Å². The van der Waals surface area contributed by atoms with Gasteiger partial charge in [0, 0.05) is 6.04 Å². The number of rotatable bonds is 5. The van der Waals surface area contributed by atoms with E-state index >= 15 is 0 Å². The average Bonchev–Trinajstić information content (AvgIpc) is 2.25. The number of para-hydroxylation sites is 2. The van der Waals surface area contributed by atoms with Crippen molar-refractivity contribution in [1.29, 1.82) is 0 Å². The Hall–Kier alpha value is -1.92. The number of anilines is 1. The summed E-state index contributed by atoms with van der Waals surface area (Å²) in [5, 5.41) is 5.22. The number of nitrogens with one attached hydrogen (secondary N) is 2. The van der Waals surface area contributed by atoms with Crippen LogP contribution < -0.4 is 15.4 Å². The second-order valence-corrected chi connectivity index (χ2v) is 4.12. The Morgan fingerprint density at radius 1 is 1.32 bits per heavy atom. The van der Waals surface area contributed by atoms with Crippen LogP contribution in [0.2, 0.25) is 0 Å². The van der Waals surface area contributed by atoms with Crippen LogP contribution in [0.1, 0.15) is 13.8 Å². The van der Waals surface area contributed by atoms with Crippen molar-refractivity contribution >= 4 is 11.6 Å². The highest BCUT2D eigenvalue weighted by Gasteiger charge is 2.32. The van der Waals surface area contributed by atoms with E-state index in [1.54, 1.807) is 19.9 Å². The van der Waals surface area contributed by atoms with Crippen molar-refractivity contribution < 1.29 is 22.7 Å². The lowest BCUT2D eigenvalue weighted by molar-refractivity contribution is -0.274. The van der Waals surface area contributed by atoms with E-state index in [1.165, 1.54) is 18.2 Å². The molecule has 1 amide bonds. The van der Waals surface area contributed by atoms with Crippen LogP contribution in [0.5, 0.6) is 5.75 Å². The van der Waals surface area contributed by atoms with Gasteiger partial charge in [0.15, 0.2) is 5.75 Å². The third-order valence-electron chi connectivity index (χ3n) is 2.00. The van der Waals surface area contributed by atoms with Crippen molar-refractivity contribution in [2.75, 3.05) is 11.9 Å². The monoisotopic (exact) mass is 276 g/mol. The quantitative estimate of drug-likeness (QED) is 0.869. The van der Waals surface area contributed by atoms with E-state index in [2.05, 4.69) is 15.4 Å². The summed E-state index contributed by atoms with van der Waals surface area (Å²) in [4.78, 5) is 11.4. The van der Waals surface area contributed by atoms with Gasteiger partial charge in [0.05, 0.1) is 12.2 Å². The van der Waals surface area contributed by atoms with E-state index in [9.17, 15) is 18.0 Å². The molecule has 0 aliphatic rings. The fourth-order valence-corrected chi connectivity index (χ4v) is 1.37. The molecule has 0 fully saturated rings. The van der Waals surface area contributed by atoms with Gasteiger partial charge in [0.2, 0.25) is 5.91 Å². The molecule has 1 aromatic carbocycles. The van der Waals surface area contributed by atoms with Gasteiger partial charge in [-0.25, -0.2) is 0 Å². The predicted molar refractivity (Wildman–Crippen MR) is 64.9 cm³/mol. The number of carbonyl (C=O) groups excluding carboxylic acids is 1. The number of hydrogen-bond acceptors (Lipinski definition) is 3. The first-order valence-electron chi connectivity index (χ1n) is 5.66. The molecule has 0 heterocycles. The zero-order chi connectivity index (χ0) is 14.5. The number of ether oxygens (including phenoxy) is 1. The molecule has 1 aromatic rings. The average molecular weight is 276 g/mol. The topological polar surface area (TPSA) is 50.4 Å². The molecule has 19 heavy (non-hydrogen) atoms. The third-order valence-corrected chi connectivity index (χ3v) is 2.00. The van der Waals surface area contributed by atoms with Gasteiger partial charge < -0.3 is 15.4 Å². The maximum absolute atomic E-state index is 12.2. The Morgan fingerprint density at radius 2 is 1.95 bits per heavy atom. The highest BCUT2D eigenvalue weighted by atomic mass is 19.4. The van der Waals surface area contributed by atoms with Gasteiger partial charge in [-0.2, -0.15) is 0 Å². The molecule has 1 rings (SSSR count). The summed E-state index contributed by atoms with van der Waals surface area (Å²) in [6.07, 6.45) is -4.77. The first-order chi connectivity index (χ1) is 8.78. The van der Waals surface area contributed by atoms with Gasteiger partial charge in [-0.3, -0.25) is 4.79 Å². The summed E-state index contributed by atoms with van der Waals surface area (Å²) in [6, 6.07) is 5.52. The van der Waals surface area contributed by atoms with Crippen LogP contribution in [-0.4, -0.2) is 24.9 Å². The van der Waals surface area contributed by atoms with Crippen molar-refractivity contribution in [3.8, 4) is 5.75 Å². The molecule has 7 heteroatoms. The molecule has 0 unspecified atom stereocenters. The fourth-order valence-electron chi connectivity index (χ4n) is 1.37. The van der Waals surface area contributed by atoms with E-state index < -0.39 is 6.36 Å². The third kappa shape index (κ3) is 5.98. The first-order valence-corrected chi connectivity index (χ1v) is 5.66. The molecule has 106 valence electrons. The summed E-state index contributed by atoms with van der Waals surface area (Å²) in [6.45, 7) is 3.45. The van der Waals surface area contributed by atoms with Crippen LogP contribution in [0.3, 0.4) is 0 Å². The molecular formula is C12H15F3N2O2. The highest BCUT2D eigenvalue weighted by molar-refractivity contribution is 5.81. The second-order valence-electron chi connectivity index (χ2n) is 4.12. The van der Waals surface area contributed by atoms with Gasteiger partial charge in [-0.15, -0.1) is 13.2 Å². The Bertz CT molecular complexity index is 433. The predicted octanol–water partition coefficient (Wildman–Crippen LogP) is 2.52. The minimum atomic E-state index is -4.77. The van der Waals surface area contributed by atoms with Crippen molar-refractivity contribution in [3.63, 3.8) is 0 Å². The van der Waals surface area contributed by atoms with Crippen LogP contribution in [0.4, 0.5) is 18.9 Å². The van der Waals surface area contributed by atoms with Crippen LogP contribution in [0.25, 0.3) is 0 Å². The van der Waals surface area contributed by atoms with Gasteiger partial charge in [0.25, 0.3) is 0 Å². The van der Waals surface area contributed by atoms with E-state index in [1.807, 2.05) is 0 Å². The van der Waals surface area contributed by atoms with E-state index in [0.717, 1.165) is 0 Å². The van der Waals surface area contributed by atoms with Gasteiger partial charge in [-0.05, 0) is 26.0 Å². The summed E-state index contributed by atoms with van der Waals surface area (Å²) in [5.74, 6) is -0.677. The minimum absolute atomic E-state index is 0.0315. The van der Waals surface area contributed by atoms with Crippen molar-refractivity contribution in [2.45, 2.75) is 26.3 Å². The Labute approximate surface area is 108 Å². The number of alkyl halides is 3. The van der Waals surface area contributed by atoms with Crippen LogP contribution in [0.15, 0.2) is 24.3 Å². The van der Waals surface area contributed by atoms with Gasteiger partial charge in [0.1, 0.15) is 0 Å². The second kappa shape index (κ2) is 6.31. The first kappa shape index (κ1) is 15.1. The molecule has 0 atom stereocenters.